The van der Waals surface area contributed by atoms with Crippen LogP contribution in [0.15, 0.2) is 71.8 Å². The molecule has 0 bridgehead atoms. The van der Waals surface area contributed by atoms with Gasteiger partial charge in [-0.3, -0.25) is 9.52 Å². The number of sulfonamides is 1. The Balaban J connectivity index is 1.50. The SMILES string of the molecule is Cc1ccc(NS(=O)(=O)c2ccc(C(=O)NCCNc3ccc(C(F)(F)F)cn3)cc2)cc1. The molecule has 0 radical (unpaired) electrons. The summed E-state index contributed by atoms with van der Waals surface area (Å²) in [7, 11) is -3.80. The second-order valence-electron chi connectivity index (χ2n) is 7.11. The molecule has 2 aromatic carbocycles. The van der Waals surface area contributed by atoms with E-state index in [2.05, 4.69) is 20.3 Å². The van der Waals surface area contributed by atoms with Gasteiger partial charge in [0.15, 0.2) is 0 Å². The van der Waals surface area contributed by atoms with Gasteiger partial charge in [-0.25, -0.2) is 13.4 Å². The number of alkyl halides is 3. The molecule has 0 aliphatic carbocycles. The zero-order valence-electron chi connectivity index (χ0n) is 17.5. The second-order valence-corrected chi connectivity index (χ2v) is 8.79. The molecule has 3 aromatic rings. The van der Waals surface area contributed by atoms with Crippen molar-refractivity contribution in [1.29, 1.82) is 0 Å². The second kappa shape index (κ2) is 9.90. The summed E-state index contributed by atoms with van der Waals surface area (Å²) >= 11 is 0. The maximum atomic E-state index is 12.5. The zero-order valence-corrected chi connectivity index (χ0v) is 18.3. The fourth-order valence-electron chi connectivity index (χ4n) is 2.76. The van der Waals surface area contributed by atoms with Crippen molar-refractivity contribution in [1.82, 2.24) is 10.3 Å². The van der Waals surface area contributed by atoms with Crippen molar-refractivity contribution in [3.05, 3.63) is 83.6 Å². The summed E-state index contributed by atoms with van der Waals surface area (Å²) in [5, 5.41) is 5.44. The Hall–Kier alpha value is -3.60. The Morgan fingerprint density at radius 2 is 1.61 bits per heavy atom. The third kappa shape index (κ3) is 6.69. The molecule has 0 spiro atoms. The van der Waals surface area contributed by atoms with Crippen LogP contribution in [0.2, 0.25) is 0 Å². The van der Waals surface area contributed by atoms with E-state index in [4.69, 9.17) is 0 Å². The van der Waals surface area contributed by atoms with Crippen LogP contribution >= 0.6 is 0 Å². The number of aromatic nitrogens is 1. The molecule has 174 valence electrons. The predicted molar refractivity (Wildman–Crippen MR) is 118 cm³/mol. The molecule has 33 heavy (non-hydrogen) atoms. The number of nitrogens with one attached hydrogen (secondary N) is 3. The quantitative estimate of drug-likeness (QED) is 0.424. The van der Waals surface area contributed by atoms with E-state index in [1.165, 1.54) is 30.3 Å². The van der Waals surface area contributed by atoms with E-state index in [0.29, 0.717) is 5.69 Å². The van der Waals surface area contributed by atoms with E-state index in [1.807, 2.05) is 6.92 Å². The minimum atomic E-state index is -4.45. The first-order valence-corrected chi connectivity index (χ1v) is 11.3. The number of rotatable bonds is 8. The molecular formula is C22H21F3N4O3S. The van der Waals surface area contributed by atoms with E-state index in [-0.39, 0.29) is 29.4 Å². The Labute approximate surface area is 189 Å². The van der Waals surface area contributed by atoms with Crippen LogP contribution in [-0.4, -0.2) is 32.4 Å². The van der Waals surface area contributed by atoms with Gasteiger partial charge < -0.3 is 10.6 Å². The number of pyridine rings is 1. The van der Waals surface area contributed by atoms with Crippen molar-refractivity contribution in [3.8, 4) is 0 Å². The van der Waals surface area contributed by atoms with Gasteiger partial charge in [0, 0.05) is 30.5 Å². The first-order chi connectivity index (χ1) is 15.5. The minimum Gasteiger partial charge on any atom is -0.368 e. The Morgan fingerprint density at radius 3 is 2.18 bits per heavy atom. The number of hydrogen-bond donors (Lipinski definition) is 3. The van der Waals surface area contributed by atoms with Crippen LogP contribution in [0, 0.1) is 6.92 Å². The molecule has 3 rings (SSSR count). The van der Waals surface area contributed by atoms with Crippen LogP contribution in [0.3, 0.4) is 0 Å². The molecule has 1 amide bonds. The highest BCUT2D eigenvalue weighted by atomic mass is 32.2. The van der Waals surface area contributed by atoms with Gasteiger partial charge in [0.05, 0.1) is 10.5 Å². The zero-order chi connectivity index (χ0) is 24.1. The molecule has 0 atom stereocenters. The Kier molecular flexibility index (Phi) is 7.22. The van der Waals surface area contributed by atoms with Crippen LogP contribution in [0.25, 0.3) is 0 Å². The number of anilines is 2. The summed E-state index contributed by atoms with van der Waals surface area (Å²) in [4.78, 5) is 15.9. The topological polar surface area (TPSA) is 100 Å². The van der Waals surface area contributed by atoms with Gasteiger partial charge in [0.1, 0.15) is 5.82 Å². The Morgan fingerprint density at radius 1 is 0.939 bits per heavy atom. The molecular weight excluding hydrogens is 457 g/mol. The van der Waals surface area contributed by atoms with Crippen molar-refractivity contribution < 1.29 is 26.4 Å². The van der Waals surface area contributed by atoms with Gasteiger partial charge >= 0.3 is 6.18 Å². The summed E-state index contributed by atoms with van der Waals surface area (Å²) in [6.07, 6.45) is -3.73. The molecule has 0 fully saturated rings. The summed E-state index contributed by atoms with van der Waals surface area (Å²) in [6.45, 7) is 2.30. The number of carbonyl (C=O) groups excluding carboxylic acids is 1. The third-order valence-electron chi connectivity index (χ3n) is 4.54. The van der Waals surface area contributed by atoms with Crippen LogP contribution in [-0.2, 0) is 16.2 Å². The molecule has 1 heterocycles. The third-order valence-corrected chi connectivity index (χ3v) is 5.94. The highest BCUT2D eigenvalue weighted by molar-refractivity contribution is 7.92. The number of halogens is 3. The minimum absolute atomic E-state index is 0.00895. The number of amides is 1. The highest BCUT2D eigenvalue weighted by Gasteiger charge is 2.30. The number of aryl methyl sites for hydroxylation is 1. The van der Waals surface area contributed by atoms with Gasteiger partial charge in [-0.2, -0.15) is 13.2 Å². The number of hydrogen-bond acceptors (Lipinski definition) is 5. The molecule has 0 aliphatic heterocycles. The summed E-state index contributed by atoms with van der Waals surface area (Å²) in [6, 6.07) is 14.4. The van der Waals surface area contributed by atoms with Crippen molar-refractivity contribution in [2.45, 2.75) is 18.0 Å². The van der Waals surface area contributed by atoms with Gasteiger partial charge in [0.2, 0.25) is 0 Å². The van der Waals surface area contributed by atoms with E-state index in [0.717, 1.165) is 17.8 Å². The van der Waals surface area contributed by atoms with E-state index >= 15 is 0 Å². The fourth-order valence-corrected chi connectivity index (χ4v) is 3.81. The van der Waals surface area contributed by atoms with Gasteiger partial charge in [-0.05, 0) is 55.5 Å². The standard InChI is InChI=1S/C22H21F3N4O3S/c1-15-2-7-18(8-3-15)29-33(31,32)19-9-4-16(5-10-19)21(30)27-13-12-26-20-11-6-17(14-28-20)22(23,24)25/h2-11,14,29H,12-13H2,1H3,(H,26,28)(H,27,30). The average Bonchev–Trinajstić information content (AvgIpc) is 2.78. The van der Waals surface area contributed by atoms with Gasteiger partial charge in [-0.1, -0.05) is 17.7 Å². The van der Waals surface area contributed by atoms with Crippen LogP contribution in [0.1, 0.15) is 21.5 Å². The fraction of sp³-hybridized carbons (Fsp3) is 0.182. The number of nitrogens with zero attached hydrogens (tertiary/aromatic N) is 1. The van der Waals surface area contributed by atoms with Crippen molar-refractivity contribution in [2.75, 3.05) is 23.1 Å². The van der Waals surface area contributed by atoms with Crippen molar-refractivity contribution >= 4 is 27.4 Å². The number of benzene rings is 2. The molecule has 0 saturated heterocycles. The smallest absolute Gasteiger partial charge is 0.368 e. The average molecular weight is 478 g/mol. The summed E-state index contributed by atoms with van der Waals surface area (Å²) < 4.78 is 65.1. The Bertz CT molecular complexity index is 1200. The molecule has 3 N–H and O–H groups in total. The van der Waals surface area contributed by atoms with Gasteiger partial charge in [0.25, 0.3) is 15.9 Å². The van der Waals surface area contributed by atoms with Crippen molar-refractivity contribution in [2.24, 2.45) is 0 Å². The maximum absolute atomic E-state index is 12.5. The molecule has 0 aliphatic rings. The van der Waals surface area contributed by atoms with Crippen LogP contribution in [0.4, 0.5) is 24.7 Å². The first-order valence-electron chi connectivity index (χ1n) is 9.79. The maximum Gasteiger partial charge on any atom is 0.417 e. The lowest BCUT2D eigenvalue weighted by Gasteiger charge is -2.10. The highest BCUT2D eigenvalue weighted by Crippen LogP contribution is 2.28. The van der Waals surface area contributed by atoms with Gasteiger partial charge in [-0.15, -0.1) is 0 Å². The molecule has 0 saturated carbocycles. The predicted octanol–water partition coefficient (Wildman–Crippen LogP) is 4.05. The monoisotopic (exact) mass is 478 g/mol. The van der Waals surface area contributed by atoms with Crippen LogP contribution in [0.5, 0.6) is 0 Å². The summed E-state index contributed by atoms with van der Waals surface area (Å²) in [5.41, 5.74) is 0.842. The lowest BCUT2D eigenvalue weighted by molar-refractivity contribution is -0.137. The van der Waals surface area contributed by atoms with E-state index in [9.17, 15) is 26.4 Å². The normalized spacial score (nSPS) is 11.6. The van der Waals surface area contributed by atoms with E-state index in [1.54, 1.807) is 24.3 Å². The lowest BCUT2D eigenvalue weighted by Crippen LogP contribution is -2.29. The molecule has 1 aromatic heterocycles. The number of carbonyl (C=O) groups is 1. The lowest BCUT2D eigenvalue weighted by atomic mass is 10.2. The molecule has 0 unspecified atom stereocenters. The van der Waals surface area contributed by atoms with Crippen molar-refractivity contribution in [3.63, 3.8) is 0 Å². The van der Waals surface area contributed by atoms with E-state index < -0.39 is 27.7 Å². The molecule has 11 heteroatoms. The summed E-state index contributed by atoms with van der Waals surface area (Å²) in [5.74, 6) is -0.180. The van der Waals surface area contributed by atoms with Crippen LogP contribution < -0.4 is 15.4 Å². The largest absolute Gasteiger partial charge is 0.417 e. The molecule has 7 nitrogen and oxygen atoms in total. The first kappa shape index (κ1) is 24.1.